The number of hydrogen-bond donors (Lipinski definition) is 1. The maximum absolute atomic E-state index is 12.4. The van der Waals surface area contributed by atoms with Crippen molar-refractivity contribution in [1.29, 1.82) is 0 Å². The van der Waals surface area contributed by atoms with Crippen LogP contribution in [0, 0.1) is 11.8 Å². The van der Waals surface area contributed by atoms with E-state index in [0.717, 1.165) is 11.3 Å². The summed E-state index contributed by atoms with van der Waals surface area (Å²) in [5.74, 6) is 0.642. The highest BCUT2D eigenvalue weighted by atomic mass is 35.5. The summed E-state index contributed by atoms with van der Waals surface area (Å²) in [4.78, 5) is 26.3. The number of amides is 2. The number of nitrogens with zero attached hydrogens (tertiary/aromatic N) is 1. The number of halogens is 2. The van der Waals surface area contributed by atoms with Crippen LogP contribution in [0.15, 0.2) is 42.5 Å². The van der Waals surface area contributed by atoms with Gasteiger partial charge in [0.05, 0.1) is 16.0 Å². The Morgan fingerprint density at radius 2 is 1.90 bits per heavy atom. The van der Waals surface area contributed by atoms with Crippen molar-refractivity contribution >= 4 is 40.7 Å². The quantitative estimate of drug-likeness (QED) is 0.686. The predicted molar refractivity (Wildman–Crippen MR) is 116 cm³/mol. The fraction of sp³-hybridized carbons (Fsp3) is 0.364. The van der Waals surface area contributed by atoms with E-state index in [1.807, 2.05) is 44.2 Å². The van der Waals surface area contributed by atoms with Gasteiger partial charge < -0.3 is 15.0 Å². The molecule has 2 aromatic rings. The molecule has 1 atom stereocenters. The molecular formula is C22H24Cl2N2O3. The normalized spacial score (nSPS) is 16.4. The van der Waals surface area contributed by atoms with Crippen molar-refractivity contribution in [3.8, 4) is 5.75 Å². The smallest absolute Gasteiger partial charge is 0.227 e. The first-order chi connectivity index (χ1) is 13.8. The van der Waals surface area contributed by atoms with E-state index >= 15 is 0 Å². The first kappa shape index (κ1) is 21.5. The number of carbonyl (C=O) groups is 2. The molecule has 5 nitrogen and oxygen atoms in total. The lowest BCUT2D eigenvalue weighted by Crippen LogP contribution is -2.34. The first-order valence-electron chi connectivity index (χ1n) is 9.58. The Morgan fingerprint density at radius 1 is 1.17 bits per heavy atom. The zero-order valence-corrected chi connectivity index (χ0v) is 18.0. The third-order valence-electron chi connectivity index (χ3n) is 4.72. The number of benzene rings is 2. The Balaban J connectivity index is 1.57. The van der Waals surface area contributed by atoms with E-state index in [1.165, 1.54) is 0 Å². The summed E-state index contributed by atoms with van der Waals surface area (Å²) in [7, 11) is 0. The minimum atomic E-state index is -0.313. The van der Waals surface area contributed by atoms with Gasteiger partial charge >= 0.3 is 0 Å². The monoisotopic (exact) mass is 434 g/mol. The maximum Gasteiger partial charge on any atom is 0.227 e. The van der Waals surface area contributed by atoms with Crippen LogP contribution in [0.4, 0.5) is 5.69 Å². The van der Waals surface area contributed by atoms with E-state index in [9.17, 15) is 9.59 Å². The van der Waals surface area contributed by atoms with E-state index in [2.05, 4.69) is 5.32 Å². The first-order valence-corrected chi connectivity index (χ1v) is 10.3. The molecule has 154 valence electrons. The number of anilines is 1. The lowest BCUT2D eigenvalue weighted by molar-refractivity contribution is -0.126. The van der Waals surface area contributed by atoms with Gasteiger partial charge in [-0.1, -0.05) is 43.1 Å². The molecule has 1 unspecified atom stereocenters. The molecule has 0 saturated carbocycles. The van der Waals surface area contributed by atoms with Crippen LogP contribution < -0.4 is 15.0 Å². The van der Waals surface area contributed by atoms with Crippen molar-refractivity contribution in [2.24, 2.45) is 11.8 Å². The molecule has 0 aliphatic carbocycles. The van der Waals surface area contributed by atoms with Crippen molar-refractivity contribution in [2.75, 3.05) is 18.0 Å². The van der Waals surface area contributed by atoms with Crippen LogP contribution in [0.3, 0.4) is 0 Å². The van der Waals surface area contributed by atoms with E-state index in [0.29, 0.717) is 41.4 Å². The molecule has 7 heteroatoms. The van der Waals surface area contributed by atoms with Gasteiger partial charge in [0.1, 0.15) is 12.4 Å². The molecule has 0 bridgehead atoms. The second-order valence-electron chi connectivity index (χ2n) is 7.58. The number of ether oxygens (including phenoxy) is 1. The van der Waals surface area contributed by atoms with Gasteiger partial charge in [-0.05, 0) is 47.9 Å². The van der Waals surface area contributed by atoms with Gasteiger partial charge in [-0.2, -0.15) is 0 Å². The van der Waals surface area contributed by atoms with Crippen LogP contribution in [0.5, 0.6) is 5.75 Å². The summed E-state index contributed by atoms with van der Waals surface area (Å²) in [5, 5.41) is 3.90. The highest BCUT2D eigenvalue weighted by Gasteiger charge is 2.35. The van der Waals surface area contributed by atoms with Gasteiger partial charge in [-0.15, -0.1) is 0 Å². The zero-order chi connectivity index (χ0) is 21.0. The molecule has 3 rings (SSSR count). The van der Waals surface area contributed by atoms with Gasteiger partial charge in [-0.3, -0.25) is 9.59 Å². The Hall–Kier alpha value is -2.24. The average molecular weight is 435 g/mol. The topological polar surface area (TPSA) is 58.6 Å². The minimum Gasteiger partial charge on any atom is -0.489 e. The standard InChI is InChI=1S/C22H24Cl2N2O3/c1-14(2)11-25-22(28)16-10-21(27)26(12-16)17-4-6-18(7-5-17)29-13-15-3-8-19(23)20(24)9-15/h3-9,14,16H,10-13H2,1-2H3,(H,25,28). The largest absolute Gasteiger partial charge is 0.489 e. The Bertz CT molecular complexity index is 884. The average Bonchev–Trinajstić information content (AvgIpc) is 3.09. The van der Waals surface area contributed by atoms with E-state index in [1.54, 1.807) is 17.0 Å². The van der Waals surface area contributed by atoms with Crippen LogP contribution in [0.25, 0.3) is 0 Å². The third-order valence-corrected chi connectivity index (χ3v) is 5.46. The number of nitrogens with one attached hydrogen (secondary N) is 1. The van der Waals surface area contributed by atoms with Crippen LogP contribution in [0.2, 0.25) is 10.0 Å². The molecule has 2 aromatic carbocycles. The number of hydrogen-bond acceptors (Lipinski definition) is 3. The SMILES string of the molecule is CC(C)CNC(=O)C1CC(=O)N(c2ccc(OCc3ccc(Cl)c(Cl)c3)cc2)C1. The maximum atomic E-state index is 12.4. The van der Waals surface area contributed by atoms with Gasteiger partial charge in [-0.25, -0.2) is 0 Å². The second kappa shape index (κ2) is 9.51. The summed E-state index contributed by atoms with van der Waals surface area (Å²) in [6.07, 6.45) is 0.236. The van der Waals surface area contributed by atoms with Crippen molar-refractivity contribution in [3.63, 3.8) is 0 Å². The van der Waals surface area contributed by atoms with Crippen molar-refractivity contribution in [3.05, 3.63) is 58.1 Å². The Kier molecular flexibility index (Phi) is 7.04. The summed E-state index contributed by atoms with van der Waals surface area (Å²) >= 11 is 11.9. The molecule has 0 radical (unpaired) electrons. The molecule has 1 aliphatic heterocycles. The number of carbonyl (C=O) groups excluding carboxylic acids is 2. The van der Waals surface area contributed by atoms with Crippen molar-refractivity contribution < 1.29 is 14.3 Å². The molecule has 1 aliphatic rings. The van der Waals surface area contributed by atoms with Gasteiger partial charge in [0.2, 0.25) is 11.8 Å². The summed E-state index contributed by atoms with van der Waals surface area (Å²) in [6.45, 7) is 5.45. The number of rotatable bonds is 7. The second-order valence-corrected chi connectivity index (χ2v) is 8.39. The van der Waals surface area contributed by atoms with E-state index in [-0.39, 0.29) is 24.2 Å². The molecule has 0 aromatic heterocycles. The zero-order valence-electron chi connectivity index (χ0n) is 16.5. The molecule has 1 N–H and O–H groups in total. The molecule has 0 spiro atoms. The van der Waals surface area contributed by atoms with E-state index < -0.39 is 0 Å². The lowest BCUT2D eigenvalue weighted by Gasteiger charge is -2.17. The summed E-state index contributed by atoms with van der Waals surface area (Å²) in [5.41, 5.74) is 1.67. The van der Waals surface area contributed by atoms with Crippen LogP contribution >= 0.6 is 23.2 Å². The molecule has 1 fully saturated rings. The Labute approximate surface area is 180 Å². The van der Waals surface area contributed by atoms with Gasteiger partial charge in [0, 0.05) is 25.2 Å². The molecule has 1 saturated heterocycles. The Morgan fingerprint density at radius 3 is 2.55 bits per heavy atom. The van der Waals surface area contributed by atoms with Crippen LogP contribution in [-0.4, -0.2) is 24.9 Å². The highest BCUT2D eigenvalue weighted by Crippen LogP contribution is 2.28. The molecule has 2 amide bonds. The fourth-order valence-electron chi connectivity index (χ4n) is 3.10. The fourth-order valence-corrected chi connectivity index (χ4v) is 3.42. The van der Waals surface area contributed by atoms with Crippen molar-refractivity contribution in [2.45, 2.75) is 26.9 Å². The van der Waals surface area contributed by atoms with E-state index in [4.69, 9.17) is 27.9 Å². The lowest BCUT2D eigenvalue weighted by atomic mass is 10.1. The molecule has 29 heavy (non-hydrogen) atoms. The predicted octanol–water partition coefficient (Wildman–Crippen LogP) is 4.70. The van der Waals surface area contributed by atoms with Gasteiger partial charge in [0.15, 0.2) is 0 Å². The molecular weight excluding hydrogens is 411 g/mol. The van der Waals surface area contributed by atoms with Gasteiger partial charge in [0.25, 0.3) is 0 Å². The summed E-state index contributed by atoms with van der Waals surface area (Å²) < 4.78 is 5.78. The van der Waals surface area contributed by atoms with Crippen LogP contribution in [0.1, 0.15) is 25.8 Å². The summed E-state index contributed by atoms with van der Waals surface area (Å²) in [6, 6.07) is 12.6. The third kappa shape index (κ3) is 5.64. The van der Waals surface area contributed by atoms with Crippen LogP contribution in [-0.2, 0) is 16.2 Å². The minimum absolute atomic E-state index is 0.0424. The highest BCUT2D eigenvalue weighted by molar-refractivity contribution is 6.42. The van der Waals surface area contributed by atoms with Crippen molar-refractivity contribution in [1.82, 2.24) is 5.32 Å². The molecule has 1 heterocycles.